The largest absolute Gasteiger partial charge is 0.492 e. The predicted molar refractivity (Wildman–Crippen MR) is 132 cm³/mol. The summed E-state index contributed by atoms with van der Waals surface area (Å²) in [6.07, 6.45) is 1.37. The first-order valence-electron chi connectivity index (χ1n) is 11.8. The number of carbonyl (C=O) groups is 2. The lowest BCUT2D eigenvalue weighted by Gasteiger charge is -2.34. The second kappa shape index (κ2) is 9.80. The summed E-state index contributed by atoms with van der Waals surface area (Å²) in [6, 6.07) is 20.6. The van der Waals surface area contributed by atoms with E-state index in [0.29, 0.717) is 38.2 Å². The lowest BCUT2D eigenvalue weighted by atomic mass is 9.93. The fourth-order valence-corrected chi connectivity index (χ4v) is 5.02. The SMILES string of the molecule is O=C(O)c1ccc2c(c1)N(CCOc1ccc3c(c1)CN(Cc1ccccc1)[C@H](C(=O)O)C3)CC2. The third-order valence-corrected chi connectivity index (χ3v) is 6.87. The Kier molecular flexibility index (Phi) is 6.42. The minimum absolute atomic E-state index is 0.297. The van der Waals surface area contributed by atoms with Crippen LogP contribution in [-0.2, 0) is 30.7 Å². The van der Waals surface area contributed by atoms with Crippen molar-refractivity contribution < 1.29 is 24.5 Å². The van der Waals surface area contributed by atoms with E-state index < -0.39 is 18.0 Å². The summed E-state index contributed by atoms with van der Waals surface area (Å²) in [7, 11) is 0. The molecule has 1 atom stereocenters. The van der Waals surface area contributed by atoms with Crippen LogP contribution >= 0.6 is 0 Å². The summed E-state index contributed by atoms with van der Waals surface area (Å²) >= 11 is 0. The number of aromatic carboxylic acids is 1. The summed E-state index contributed by atoms with van der Waals surface area (Å²) < 4.78 is 6.06. The van der Waals surface area contributed by atoms with E-state index in [0.717, 1.165) is 46.7 Å². The van der Waals surface area contributed by atoms with Crippen molar-refractivity contribution >= 4 is 17.6 Å². The van der Waals surface area contributed by atoms with Gasteiger partial charge in [-0.2, -0.15) is 0 Å². The Labute approximate surface area is 204 Å². The Balaban J connectivity index is 1.24. The lowest BCUT2D eigenvalue weighted by Crippen LogP contribution is -2.45. The Morgan fingerprint density at radius 1 is 0.943 bits per heavy atom. The molecular weight excluding hydrogens is 444 g/mol. The van der Waals surface area contributed by atoms with Gasteiger partial charge in [0.2, 0.25) is 0 Å². The normalized spacial score (nSPS) is 17.0. The van der Waals surface area contributed by atoms with Gasteiger partial charge in [-0.3, -0.25) is 9.69 Å². The number of hydrogen-bond acceptors (Lipinski definition) is 5. The molecule has 180 valence electrons. The van der Waals surface area contributed by atoms with Crippen molar-refractivity contribution in [3.05, 3.63) is 94.5 Å². The molecule has 0 unspecified atom stereocenters. The molecule has 2 N–H and O–H groups in total. The van der Waals surface area contributed by atoms with E-state index in [1.807, 2.05) is 59.5 Å². The number of carboxylic acid groups (broad SMARTS) is 2. The summed E-state index contributed by atoms with van der Waals surface area (Å²) in [6.45, 7) is 3.11. The number of anilines is 1. The molecule has 2 heterocycles. The van der Waals surface area contributed by atoms with Crippen molar-refractivity contribution in [1.29, 1.82) is 0 Å². The monoisotopic (exact) mass is 472 g/mol. The van der Waals surface area contributed by atoms with Crippen molar-refractivity contribution in [3.63, 3.8) is 0 Å². The number of nitrogens with zero attached hydrogens (tertiary/aromatic N) is 2. The molecule has 5 rings (SSSR count). The summed E-state index contributed by atoms with van der Waals surface area (Å²) in [5, 5.41) is 19.1. The highest BCUT2D eigenvalue weighted by molar-refractivity contribution is 5.89. The maximum Gasteiger partial charge on any atom is 0.335 e. The van der Waals surface area contributed by atoms with Crippen LogP contribution in [0.15, 0.2) is 66.7 Å². The van der Waals surface area contributed by atoms with Crippen molar-refractivity contribution in [2.45, 2.75) is 32.0 Å². The first-order chi connectivity index (χ1) is 17.0. The van der Waals surface area contributed by atoms with Gasteiger partial charge in [0.1, 0.15) is 18.4 Å². The van der Waals surface area contributed by atoms with E-state index in [2.05, 4.69) is 4.90 Å². The average molecular weight is 473 g/mol. The third-order valence-electron chi connectivity index (χ3n) is 6.87. The quantitative estimate of drug-likeness (QED) is 0.515. The molecule has 3 aromatic carbocycles. The first-order valence-corrected chi connectivity index (χ1v) is 11.8. The van der Waals surface area contributed by atoms with Crippen LogP contribution < -0.4 is 9.64 Å². The van der Waals surface area contributed by atoms with Gasteiger partial charge in [0.15, 0.2) is 0 Å². The molecular formula is C28H28N2O5. The van der Waals surface area contributed by atoms with E-state index in [-0.39, 0.29) is 0 Å². The second-order valence-electron chi connectivity index (χ2n) is 9.11. The standard InChI is InChI=1S/C28H28N2O5/c31-27(32)22-7-6-20-10-11-29(25(20)16-22)12-13-35-24-9-8-21-15-26(28(33)34)30(18-23(21)14-24)17-19-4-2-1-3-5-19/h1-9,14,16,26H,10-13,15,17-18H2,(H,31,32)(H,33,34)/t26-/m0/s1. The topological polar surface area (TPSA) is 90.3 Å². The molecule has 7 nitrogen and oxygen atoms in total. The van der Waals surface area contributed by atoms with Crippen LogP contribution in [0, 0.1) is 0 Å². The zero-order valence-electron chi connectivity index (χ0n) is 19.4. The van der Waals surface area contributed by atoms with Gasteiger partial charge in [0.05, 0.1) is 12.1 Å². The van der Waals surface area contributed by atoms with Gasteiger partial charge < -0.3 is 19.8 Å². The fourth-order valence-electron chi connectivity index (χ4n) is 5.02. The van der Waals surface area contributed by atoms with Gasteiger partial charge in [0, 0.05) is 25.3 Å². The molecule has 2 aliphatic rings. The Bertz CT molecular complexity index is 1240. The molecule has 0 aliphatic carbocycles. The van der Waals surface area contributed by atoms with Crippen LogP contribution in [0.25, 0.3) is 0 Å². The van der Waals surface area contributed by atoms with Crippen LogP contribution in [0.3, 0.4) is 0 Å². The first kappa shape index (κ1) is 22.9. The van der Waals surface area contributed by atoms with Crippen molar-refractivity contribution in [3.8, 4) is 5.75 Å². The number of benzene rings is 3. The molecule has 2 aliphatic heterocycles. The predicted octanol–water partition coefficient (Wildman–Crippen LogP) is 3.84. The molecule has 0 saturated heterocycles. The van der Waals surface area contributed by atoms with E-state index >= 15 is 0 Å². The van der Waals surface area contributed by atoms with Gasteiger partial charge in [-0.05, 0) is 59.4 Å². The molecule has 35 heavy (non-hydrogen) atoms. The maximum atomic E-state index is 11.9. The molecule has 0 radical (unpaired) electrons. The molecule has 0 aromatic heterocycles. The summed E-state index contributed by atoms with van der Waals surface area (Å²) in [5.74, 6) is -0.962. The Hall–Kier alpha value is -3.84. The minimum atomic E-state index is -0.920. The van der Waals surface area contributed by atoms with Crippen molar-refractivity contribution in [1.82, 2.24) is 4.90 Å². The molecule has 0 spiro atoms. The maximum absolute atomic E-state index is 11.9. The summed E-state index contributed by atoms with van der Waals surface area (Å²) in [4.78, 5) is 27.4. The van der Waals surface area contributed by atoms with Crippen LogP contribution in [0.4, 0.5) is 5.69 Å². The number of ether oxygens (including phenoxy) is 1. The summed E-state index contributed by atoms with van der Waals surface area (Å²) in [5.41, 5.74) is 5.65. The molecule has 7 heteroatoms. The number of hydrogen-bond donors (Lipinski definition) is 2. The third kappa shape index (κ3) is 5.00. The van der Waals surface area contributed by atoms with Gasteiger partial charge >= 0.3 is 11.9 Å². The second-order valence-corrected chi connectivity index (χ2v) is 9.11. The smallest absolute Gasteiger partial charge is 0.335 e. The van der Waals surface area contributed by atoms with E-state index in [9.17, 15) is 19.8 Å². The van der Waals surface area contributed by atoms with Gasteiger partial charge in [-0.1, -0.05) is 42.5 Å². The Morgan fingerprint density at radius 2 is 1.74 bits per heavy atom. The molecule has 0 saturated carbocycles. The molecule has 3 aromatic rings. The van der Waals surface area contributed by atoms with Crippen molar-refractivity contribution in [2.24, 2.45) is 0 Å². The number of carboxylic acids is 2. The lowest BCUT2D eigenvalue weighted by molar-refractivity contribution is -0.144. The Morgan fingerprint density at radius 3 is 2.51 bits per heavy atom. The highest BCUT2D eigenvalue weighted by Gasteiger charge is 2.31. The van der Waals surface area contributed by atoms with Crippen LogP contribution in [0.5, 0.6) is 5.75 Å². The molecule has 0 amide bonds. The van der Waals surface area contributed by atoms with Gasteiger partial charge in [0.25, 0.3) is 0 Å². The highest BCUT2D eigenvalue weighted by atomic mass is 16.5. The average Bonchev–Trinajstić information content (AvgIpc) is 3.26. The van der Waals surface area contributed by atoms with Crippen LogP contribution in [0.1, 0.15) is 32.6 Å². The van der Waals surface area contributed by atoms with Crippen LogP contribution in [0.2, 0.25) is 0 Å². The number of aliphatic carboxylic acids is 1. The van der Waals surface area contributed by atoms with E-state index in [1.54, 1.807) is 12.1 Å². The van der Waals surface area contributed by atoms with E-state index in [4.69, 9.17) is 4.74 Å². The van der Waals surface area contributed by atoms with E-state index in [1.165, 1.54) is 0 Å². The van der Waals surface area contributed by atoms with Crippen molar-refractivity contribution in [2.75, 3.05) is 24.6 Å². The van der Waals surface area contributed by atoms with Gasteiger partial charge in [-0.15, -0.1) is 0 Å². The highest BCUT2D eigenvalue weighted by Crippen LogP contribution is 2.30. The molecule has 0 bridgehead atoms. The fraction of sp³-hybridized carbons (Fsp3) is 0.286. The minimum Gasteiger partial charge on any atom is -0.492 e. The van der Waals surface area contributed by atoms with Crippen LogP contribution in [-0.4, -0.2) is 52.8 Å². The molecule has 0 fully saturated rings. The zero-order chi connectivity index (χ0) is 24.4. The van der Waals surface area contributed by atoms with Gasteiger partial charge in [-0.25, -0.2) is 4.79 Å². The zero-order valence-corrected chi connectivity index (χ0v) is 19.4. The number of fused-ring (bicyclic) bond motifs is 2. The number of rotatable bonds is 8.